The number of phosphoric acid groups is 1. The summed E-state index contributed by atoms with van der Waals surface area (Å²) < 4.78 is 69.2. The van der Waals surface area contributed by atoms with E-state index in [1.165, 1.54) is 39.4 Å². The lowest BCUT2D eigenvalue weighted by Crippen LogP contribution is -2.33. The number of aromatic nitrogens is 6. The molecule has 3 aliphatic heterocycles. The van der Waals surface area contributed by atoms with Gasteiger partial charge in [0.25, 0.3) is 16.7 Å². The summed E-state index contributed by atoms with van der Waals surface area (Å²) in [6, 6.07) is 0. The Kier molecular flexibility index (Phi) is 13.0. The molecule has 0 radical (unpaired) electrons. The summed E-state index contributed by atoms with van der Waals surface area (Å²) in [6.07, 6.45) is -9.56. The molecule has 0 spiro atoms. The average Bonchev–Trinajstić information content (AvgIpc) is 3.87. The van der Waals surface area contributed by atoms with Gasteiger partial charge in [0.1, 0.15) is 55.6 Å². The van der Waals surface area contributed by atoms with Gasteiger partial charge in [-0.15, -0.1) is 0 Å². The summed E-state index contributed by atoms with van der Waals surface area (Å²) in [5.74, 6) is 0. The van der Waals surface area contributed by atoms with Crippen LogP contribution < -0.4 is 33.7 Å². The first-order valence-electron chi connectivity index (χ1n) is 17.7. The number of aliphatic hydroxyl groups is 3. The molecule has 0 aliphatic carbocycles. The lowest BCUT2D eigenvalue weighted by molar-refractivity contribution is -0.0594. The van der Waals surface area contributed by atoms with Crippen LogP contribution in [-0.4, -0.2) is 112 Å². The van der Waals surface area contributed by atoms with Gasteiger partial charge in [0.15, 0.2) is 0 Å². The van der Waals surface area contributed by atoms with E-state index in [1.54, 1.807) is 0 Å². The number of hydrogen-bond acceptors (Lipinski definition) is 18. The molecular formula is C31H42N6O19P2. The van der Waals surface area contributed by atoms with Crippen LogP contribution in [0.3, 0.4) is 0 Å². The molecular weight excluding hydrogens is 822 g/mol. The average molecular weight is 865 g/mol. The maximum Gasteiger partial charge on any atom is 0.472 e. The van der Waals surface area contributed by atoms with Crippen molar-refractivity contribution in [2.75, 3.05) is 26.2 Å². The number of rotatable bonds is 15. The molecule has 0 aromatic carbocycles. The van der Waals surface area contributed by atoms with Gasteiger partial charge in [-0.2, -0.15) is 0 Å². The maximum absolute atomic E-state index is 13.8. The molecule has 3 fully saturated rings. The van der Waals surface area contributed by atoms with Gasteiger partial charge in [-0.05, 0) is 20.8 Å². The number of aryl methyl sites for hydroxylation is 3. The zero-order valence-electron chi connectivity index (χ0n) is 31.0. The van der Waals surface area contributed by atoms with Gasteiger partial charge >= 0.3 is 32.5 Å². The van der Waals surface area contributed by atoms with Gasteiger partial charge in [-0.3, -0.25) is 56.6 Å². The van der Waals surface area contributed by atoms with E-state index < -0.39 is 131 Å². The molecule has 3 aromatic heterocycles. The molecule has 320 valence electrons. The largest absolute Gasteiger partial charge is 0.472 e. The molecule has 58 heavy (non-hydrogen) atoms. The highest BCUT2D eigenvalue weighted by Crippen LogP contribution is 2.53. The Morgan fingerprint density at radius 1 is 0.655 bits per heavy atom. The first-order valence-corrected chi connectivity index (χ1v) is 20.9. The van der Waals surface area contributed by atoms with E-state index in [-0.39, 0.29) is 36.0 Å². The third kappa shape index (κ3) is 9.57. The van der Waals surface area contributed by atoms with Gasteiger partial charge in [0.05, 0.1) is 25.9 Å². The predicted molar refractivity (Wildman–Crippen MR) is 193 cm³/mol. The highest BCUT2D eigenvalue weighted by Gasteiger charge is 2.46. The van der Waals surface area contributed by atoms with Gasteiger partial charge in [0.2, 0.25) is 0 Å². The first kappa shape index (κ1) is 43.6. The van der Waals surface area contributed by atoms with Crippen LogP contribution in [0.15, 0.2) is 47.4 Å². The number of phosphoric ester groups is 1. The molecule has 0 bridgehead atoms. The summed E-state index contributed by atoms with van der Waals surface area (Å²) in [6.45, 7) is 2.14. The van der Waals surface area contributed by atoms with Crippen molar-refractivity contribution in [2.45, 2.75) is 95.3 Å². The molecule has 11 atom stereocenters. The lowest BCUT2D eigenvalue weighted by atomic mass is 10.2. The van der Waals surface area contributed by atoms with Crippen molar-refractivity contribution >= 4 is 15.4 Å². The second-order valence-electron chi connectivity index (χ2n) is 13.9. The van der Waals surface area contributed by atoms with E-state index in [4.69, 9.17) is 32.3 Å². The van der Waals surface area contributed by atoms with Crippen LogP contribution in [0.1, 0.15) is 54.6 Å². The Hall–Kier alpha value is -3.94. The first-order chi connectivity index (χ1) is 27.3. The smallest absolute Gasteiger partial charge is 0.394 e. The minimum atomic E-state index is -5.11. The summed E-state index contributed by atoms with van der Waals surface area (Å²) in [5, 5.41) is 30.7. The van der Waals surface area contributed by atoms with Crippen LogP contribution in [0.5, 0.6) is 0 Å². The second kappa shape index (κ2) is 17.3. The molecule has 3 aliphatic rings. The van der Waals surface area contributed by atoms with E-state index >= 15 is 0 Å². The van der Waals surface area contributed by atoms with Crippen LogP contribution in [0, 0.1) is 20.8 Å². The standard InChI is InChI=1S/C31H42N6O19P2/c1-14-7-35(29(44)32-26(14)41)23-4-17(40)21(53-23)11-51-58(48,49)56-19-6-25(37-9-16(3)28(43)34-31(37)46)54-22(19)12-50-57(47,13-39)55-18-5-24(52-20(18)10-38)36-8-15(2)27(42)33-30(36)45/h7-9,17-25,38-40H,4-6,10-13H2,1-3H3,(H,48,49)(H,32,41,44)(H,33,42,45)(H,34,43,46)/t17-,18-,19-,20+,21+,22+,23+,24+,25+,57?/m0/s1. The predicted octanol–water partition coefficient (Wildman–Crippen LogP) is -2.18. The molecule has 27 heteroatoms. The Bertz CT molecular complexity index is 2460. The van der Waals surface area contributed by atoms with Gasteiger partial charge in [-0.25, -0.2) is 18.9 Å². The van der Waals surface area contributed by atoms with E-state index in [1.807, 2.05) is 0 Å². The van der Waals surface area contributed by atoms with Crippen molar-refractivity contribution in [1.82, 2.24) is 28.7 Å². The van der Waals surface area contributed by atoms with Crippen molar-refractivity contribution in [3.05, 3.63) is 97.8 Å². The fourth-order valence-corrected chi connectivity index (χ4v) is 8.76. The molecule has 3 saturated heterocycles. The van der Waals surface area contributed by atoms with Crippen molar-refractivity contribution in [3.8, 4) is 0 Å². The second-order valence-corrected chi connectivity index (χ2v) is 17.3. The fourth-order valence-electron chi connectivity index (χ4n) is 6.58. The number of hydrogen-bond donors (Lipinski definition) is 7. The number of nitrogens with zero attached hydrogens (tertiary/aromatic N) is 3. The Balaban J connectivity index is 1.15. The summed E-state index contributed by atoms with van der Waals surface area (Å²) in [5.41, 5.74) is -3.99. The summed E-state index contributed by atoms with van der Waals surface area (Å²) in [4.78, 5) is 90.3. The van der Waals surface area contributed by atoms with Gasteiger partial charge in [0, 0.05) is 54.5 Å². The van der Waals surface area contributed by atoms with E-state index in [0.29, 0.717) is 0 Å². The number of aliphatic hydroxyl groups excluding tert-OH is 3. The van der Waals surface area contributed by atoms with Crippen molar-refractivity contribution in [2.24, 2.45) is 0 Å². The van der Waals surface area contributed by atoms with Crippen LogP contribution >= 0.6 is 15.4 Å². The summed E-state index contributed by atoms with van der Waals surface area (Å²) in [7, 11) is -9.66. The Morgan fingerprint density at radius 2 is 1.07 bits per heavy atom. The molecule has 25 nitrogen and oxygen atoms in total. The van der Waals surface area contributed by atoms with Crippen LogP contribution in [-0.2, 0) is 41.4 Å². The molecule has 6 heterocycles. The molecule has 3 aromatic rings. The van der Waals surface area contributed by atoms with Gasteiger partial charge < -0.3 is 43.5 Å². The third-order valence-corrected chi connectivity index (χ3v) is 12.2. The van der Waals surface area contributed by atoms with Gasteiger partial charge in [-0.1, -0.05) is 0 Å². The normalized spacial score (nSPS) is 29.4. The minimum Gasteiger partial charge on any atom is -0.394 e. The lowest BCUT2D eigenvalue weighted by Gasteiger charge is -2.26. The zero-order chi connectivity index (χ0) is 42.3. The van der Waals surface area contributed by atoms with Crippen molar-refractivity contribution in [1.29, 1.82) is 0 Å². The van der Waals surface area contributed by atoms with Crippen LogP contribution in [0.2, 0.25) is 0 Å². The SMILES string of the molecule is Cc1cn([C@H]2C[C@H](OP(=O)(O)OC[C@H]3O[C@@H](n4cc(C)c(=O)[nH]c4=O)C[C@@H]3O)[C@@H](COP(=O)(CO)O[C@H]3C[C@H](n4cc(C)c(=O)[nH]c4=O)O[C@@H]3CO)O2)c(=O)[nH]c1=O. The monoisotopic (exact) mass is 864 g/mol. The Morgan fingerprint density at radius 3 is 1.53 bits per heavy atom. The molecule has 7 N–H and O–H groups in total. The zero-order valence-corrected chi connectivity index (χ0v) is 32.8. The quantitative estimate of drug-likeness (QED) is 0.0799. The topological polar surface area (TPSA) is 344 Å². The Labute approximate surface area is 324 Å². The number of nitrogens with one attached hydrogen (secondary N) is 3. The third-order valence-electron chi connectivity index (χ3n) is 9.69. The molecule has 0 amide bonds. The minimum absolute atomic E-state index is 0.109. The molecule has 2 unspecified atom stereocenters. The summed E-state index contributed by atoms with van der Waals surface area (Å²) >= 11 is 0. The fraction of sp³-hybridized carbons (Fsp3) is 0.613. The van der Waals surface area contributed by atoms with Crippen LogP contribution in [0.4, 0.5) is 0 Å². The molecule has 0 saturated carbocycles. The van der Waals surface area contributed by atoms with Crippen LogP contribution in [0.25, 0.3) is 0 Å². The highest BCUT2D eigenvalue weighted by atomic mass is 31.2. The number of H-pyrrole nitrogens is 3. The maximum atomic E-state index is 13.8. The highest BCUT2D eigenvalue weighted by molar-refractivity contribution is 7.53. The van der Waals surface area contributed by atoms with Crippen molar-refractivity contribution < 1.29 is 61.6 Å². The number of aromatic amines is 3. The van der Waals surface area contributed by atoms with E-state index in [9.17, 15) is 58.1 Å². The number of ether oxygens (including phenoxy) is 3. The van der Waals surface area contributed by atoms with E-state index in [0.717, 1.165) is 13.7 Å². The van der Waals surface area contributed by atoms with Crippen molar-refractivity contribution in [3.63, 3.8) is 0 Å². The molecule has 6 rings (SSSR count). The van der Waals surface area contributed by atoms with E-state index in [2.05, 4.69) is 15.0 Å².